The zero-order valence-electron chi connectivity index (χ0n) is 13.4. The third kappa shape index (κ3) is 4.60. The van der Waals surface area contributed by atoms with E-state index in [1.54, 1.807) is 0 Å². The van der Waals surface area contributed by atoms with E-state index in [0.29, 0.717) is 0 Å². The second-order valence-electron chi connectivity index (χ2n) is 5.17. The van der Waals surface area contributed by atoms with Gasteiger partial charge >= 0.3 is 0 Å². The topological polar surface area (TPSA) is 41.1 Å². The standard InChI is InChI=1S/C17H23ClN4/c1-4-22(5-2)17-20-13(3)11-16(21-17)19-10-9-14-7-6-8-15(18)12-14/h6-8,11-12H,4-5,9-10H2,1-3H3,(H,19,20,21). The van der Waals surface area contributed by atoms with Crippen molar-refractivity contribution in [3.8, 4) is 0 Å². The summed E-state index contributed by atoms with van der Waals surface area (Å²) in [5.41, 5.74) is 2.19. The molecule has 0 radical (unpaired) electrons. The monoisotopic (exact) mass is 318 g/mol. The number of benzene rings is 1. The number of aromatic nitrogens is 2. The Morgan fingerprint density at radius 2 is 1.91 bits per heavy atom. The van der Waals surface area contributed by atoms with Crippen molar-refractivity contribution in [2.45, 2.75) is 27.2 Å². The molecular formula is C17H23ClN4. The maximum absolute atomic E-state index is 6.00. The molecule has 118 valence electrons. The maximum Gasteiger partial charge on any atom is 0.227 e. The van der Waals surface area contributed by atoms with Gasteiger partial charge in [0, 0.05) is 36.4 Å². The van der Waals surface area contributed by atoms with Crippen molar-refractivity contribution in [2.75, 3.05) is 29.9 Å². The Hall–Kier alpha value is -1.81. The number of halogens is 1. The highest BCUT2D eigenvalue weighted by atomic mass is 35.5. The molecule has 0 saturated carbocycles. The fraction of sp³-hybridized carbons (Fsp3) is 0.412. The first-order chi connectivity index (χ1) is 10.6. The predicted octanol–water partition coefficient (Wildman–Crippen LogP) is 3.94. The fourth-order valence-electron chi connectivity index (χ4n) is 2.32. The summed E-state index contributed by atoms with van der Waals surface area (Å²) < 4.78 is 0. The highest BCUT2D eigenvalue weighted by molar-refractivity contribution is 6.30. The second kappa shape index (κ2) is 7.99. The number of anilines is 2. The lowest BCUT2D eigenvalue weighted by molar-refractivity contribution is 0.815. The maximum atomic E-state index is 6.00. The van der Waals surface area contributed by atoms with Crippen molar-refractivity contribution in [1.29, 1.82) is 0 Å². The van der Waals surface area contributed by atoms with E-state index in [1.165, 1.54) is 5.56 Å². The Morgan fingerprint density at radius 3 is 2.59 bits per heavy atom. The Morgan fingerprint density at radius 1 is 1.14 bits per heavy atom. The van der Waals surface area contributed by atoms with Gasteiger partial charge in [-0.25, -0.2) is 4.98 Å². The molecule has 0 spiro atoms. The zero-order valence-corrected chi connectivity index (χ0v) is 14.2. The minimum Gasteiger partial charge on any atom is -0.370 e. The molecule has 1 N–H and O–H groups in total. The van der Waals surface area contributed by atoms with Gasteiger partial charge in [0.25, 0.3) is 0 Å². The molecule has 1 aromatic heterocycles. The van der Waals surface area contributed by atoms with Crippen LogP contribution in [-0.2, 0) is 6.42 Å². The van der Waals surface area contributed by atoms with E-state index in [-0.39, 0.29) is 0 Å². The second-order valence-corrected chi connectivity index (χ2v) is 5.61. The molecule has 0 aliphatic rings. The van der Waals surface area contributed by atoms with Crippen LogP contribution in [0.4, 0.5) is 11.8 Å². The van der Waals surface area contributed by atoms with Crippen LogP contribution in [0.1, 0.15) is 25.1 Å². The predicted molar refractivity (Wildman–Crippen MR) is 94.0 cm³/mol. The average Bonchev–Trinajstić information content (AvgIpc) is 2.48. The summed E-state index contributed by atoms with van der Waals surface area (Å²) in [7, 11) is 0. The van der Waals surface area contributed by atoms with E-state index in [1.807, 2.05) is 31.2 Å². The van der Waals surface area contributed by atoms with Crippen molar-refractivity contribution in [3.05, 3.63) is 46.6 Å². The van der Waals surface area contributed by atoms with Gasteiger partial charge in [0.15, 0.2) is 0 Å². The van der Waals surface area contributed by atoms with Crippen molar-refractivity contribution in [2.24, 2.45) is 0 Å². The number of nitrogens with zero attached hydrogens (tertiary/aromatic N) is 3. The van der Waals surface area contributed by atoms with E-state index in [2.05, 4.69) is 40.1 Å². The quantitative estimate of drug-likeness (QED) is 0.839. The number of nitrogens with one attached hydrogen (secondary N) is 1. The molecule has 0 fully saturated rings. The summed E-state index contributed by atoms with van der Waals surface area (Å²) in [6.45, 7) is 8.85. The van der Waals surface area contributed by atoms with Gasteiger partial charge < -0.3 is 10.2 Å². The van der Waals surface area contributed by atoms with E-state index in [9.17, 15) is 0 Å². The molecule has 0 unspecified atom stereocenters. The lowest BCUT2D eigenvalue weighted by Gasteiger charge is -2.19. The minimum atomic E-state index is 0.777. The first-order valence-electron chi connectivity index (χ1n) is 7.71. The number of aryl methyl sites for hydroxylation is 1. The third-order valence-electron chi connectivity index (χ3n) is 3.50. The Balaban J connectivity index is 2.00. The first kappa shape index (κ1) is 16.6. The van der Waals surface area contributed by atoms with Crippen LogP contribution >= 0.6 is 11.6 Å². The summed E-state index contributed by atoms with van der Waals surface area (Å²) in [6, 6.07) is 9.93. The van der Waals surface area contributed by atoms with Gasteiger partial charge in [-0.05, 0) is 44.9 Å². The summed E-state index contributed by atoms with van der Waals surface area (Å²) in [6.07, 6.45) is 0.907. The third-order valence-corrected chi connectivity index (χ3v) is 3.73. The highest BCUT2D eigenvalue weighted by Gasteiger charge is 2.07. The fourth-order valence-corrected chi connectivity index (χ4v) is 2.53. The molecule has 0 atom stereocenters. The van der Waals surface area contributed by atoms with E-state index in [4.69, 9.17) is 11.6 Å². The SMILES string of the molecule is CCN(CC)c1nc(C)cc(NCCc2cccc(Cl)c2)n1. The Kier molecular flexibility index (Phi) is 6.01. The average molecular weight is 319 g/mol. The lowest BCUT2D eigenvalue weighted by Crippen LogP contribution is -2.25. The molecule has 1 aromatic carbocycles. The Bertz CT molecular complexity index is 611. The number of hydrogen-bond acceptors (Lipinski definition) is 4. The molecule has 2 aromatic rings. The van der Waals surface area contributed by atoms with E-state index in [0.717, 1.165) is 48.5 Å². The Labute approximate surface area is 137 Å². The van der Waals surface area contributed by atoms with Crippen LogP contribution in [0.15, 0.2) is 30.3 Å². The van der Waals surface area contributed by atoms with Crippen molar-refractivity contribution < 1.29 is 0 Å². The van der Waals surface area contributed by atoms with E-state index >= 15 is 0 Å². The van der Waals surface area contributed by atoms with Gasteiger partial charge in [0.05, 0.1) is 0 Å². The number of hydrogen-bond donors (Lipinski definition) is 1. The molecule has 4 nitrogen and oxygen atoms in total. The summed E-state index contributed by atoms with van der Waals surface area (Å²) in [5, 5.41) is 4.15. The molecule has 0 bridgehead atoms. The molecule has 5 heteroatoms. The van der Waals surface area contributed by atoms with Gasteiger partial charge in [-0.1, -0.05) is 23.7 Å². The van der Waals surface area contributed by atoms with Gasteiger partial charge in [0.1, 0.15) is 5.82 Å². The highest BCUT2D eigenvalue weighted by Crippen LogP contribution is 2.14. The molecule has 0 aliphatic heterocycles. The molecule has 0 amide bonds. The zero-order chi connectivity index (χ0) is 15.9. The van der Waals surface area contributed by atoms with Gasteiger partial charge in [-0.2, -0.15) is 4.98 Å². The van der Waals surface area contributed by atoms with Crippen LogP contribution in [0.2, 0.25) is 5.02 Å². The summed E-state index contributed by atoms with van der Waals surface area (Å²) >= 11 is 6.00. The van der Waals surface area contributed by atoms with Crippen LogP contribution in [0.5, 0.6) is 0 Å². The summed E-state index contributed by atoms with van der Waals surface area (Å²) in [5.74, 6) is 1.66. The summed E-state index contributed by atoms with van der Waals surface area (Å²) in [4.78, 5) is 11.3. The van der Waals surface area contributed by atoms with Crippen LogP contribution in [0, 0.1) is 6.92 Å². The minimum absolute atomic E-state index is 0.777. The normalized spacial score (nSPS) is 10.5. The van der Waals surface area contributed by atoms with Crippen LogP contribution in [0.25, 0.3) is 0 Å². The molecule has 2 rings (SSSR count). The molecule has 1 heterocycles. The van der Waals surface area contributed by atoms with Gasteiger partial charge in [-0.3, -0.25) is 0 Å². The lowest BCUT2D eigenvalue weighted by atomic mass is 10.1. The first-order valence-corrected chi connectivity index (χ1v) is 8.09. The number of rotatable bonds is 7. The molecule has 22 heavy (non-hydrogen) atoms. The van der Waals surface area contributed by atoms with Gasteiger partial charge in [-0.15, -0.1) is 0 Å². The van der Waals surface area contributed by atoms with Crippen LogP contribution in [0.3, 0.4) is 0 Å². The molecular weight excluding hydrogens is 296 g/mol. The van der Waals surface area contributed by atoms with Crippen LogP contribution < -0.4 is 10.2 Å². The largest absolute Gasteiger partial charge is 0.370 e. The van der Waals surface area contributed by atoms with Crippen molar-refractivity contribution >= 4 is 23.4 Å². The molecule has 0 saturated heterocycles. The smallest absolute Gasteiger partial charge is 0.227 e. The van der Waals surface area contributed by atoms with Crippen molar-refractivity contribution in [3.63, 3.8) is 0 Å². The van der Waals surface area contributed by atoms with Crippen LogP contribution in [-0.4, -0.2) is 29.6 Å². The molecule has 0 aliphatic carbocycles. The van der Waals surface area contributed by atoms with Gasteiger partial charge in [0.2, 0.25) is 5.95 Å². The van der Waals surface area contributed by atoms with Crippen molar-refractivity contribution in [1.82, 2.24) is 9.97 Å². The van der Waals surface area contributed by atoms with E-state index < -0.39 is 0 Å².